The lowest BCUT2D eigenvalue weighted by molar-refractivity contribution is -0.139. The van der Waals surface area contributed by atoms with Crippen molar-refractivity contribution in [2.75, 3.05) is 0 Å². The number of carbonyl (C=O) groups excluding carboxylic acids is 1. The van der Waals surface area contributed by atoms with Gasteiger partial charge in [0.2, 0.25) is 0 Å². The molecule has 1 unspecified atom stereocenters. The van der Waals surface area contributed by atoms with Gasteiger partial charge < -0.3 is 10.4 Å². The molecule has 0 spiro atoms. The molecule has 0 aliphatic rings. The smallest absolute Gasteiger partial charge is 0.330 e. The van der Waals surface area contributed by atoms with E-state index >= 15 is 0 Å². The van der Waals surface area contributed by atoms with E-state index < -0.39 is 17.9 Å². The Morgan fingerprint density at radius 1 is 1.26 bits per heavy atom. The molecular formula is C13H10BrNO3S. The Morgan fingerprint density at radius 3 is 2.47 bits per heavy atom. The fourth-order valence-corrected chi connectivity index (χ4v) is 2.71. The van der Waals surface area contributed by atoms with E-state index in [9.17, 15) is 14.7 Å². The number of halogens is 1. The maximum Gasteiger partial charge on any atom is 0.330 e. The maximum absolute atomic E-state index is 12.0. The molecule has 19 heavy (non-hydrogen) atoms. The molecule has 1 amide bonds. The van der Waals surface area contributed by atoms with Crippen molar-refractivity contribution in [3.8, 4) is 0 Å². The number of aliphatic carboxylic acids is 1. The van der Waals surface area contributed by atoms with Crippen molar-refractivity contribution in [1.29, 1.82) is 0 Å². The summed E-state index contributed by atoms with van der Waals surface area (Å²) in [6.45, 7) is 0. The molecule has 0 aliphatic heterocycles. The first-order valence-corrected chi connectivity index (χ1v) is 7.08. The van der Waals surface area contributed by atoms with Gasteiger partial charge in [-0.2, -0.15) is 0 Å². The van der Waals surface area contributed by atoms with Gasteiger partial charge in [-0.25, -0.2) is 4.79 Å². The highest BCUT2D eigenvalue weighted by molar-refractivity contribution is 9.11. The molecular weight excluding hydrogens is 330 g/mol. The third-order valence-electron chi connectivity index (χ3n) is 2.48. The van der Waals surface area contributed by atoms with Crippen LogP contribution in [0.15, 0.2) is 45.6 Å². The number of hydrogen-bond acceptors (Lipinski definition) is 3. The molecule has 2 aromatic rings. The molecule has 6 heteroatoms. The topological polar surface area (TPSA) is 66.4 Å². The highest BCUT2D eigenvalue weighted by Crippen LogP contribution is 2.21. The number of nitrogens with one attached hydrogen (secondary N) is 1. The van der Waals surface area contributed by atoms with Crippen LogP contribution in [0.3, 0.4) is 0 Å². The first-order chi connectivity index (χ1) is 9.08. The lowest BCUT2D eigenvalue weighted by Crippen LogP contribution is -2.33. The number of carbonyl (C=O) groups is 2. The predicted octanol–water partition coefficient (Wildman–Crippen LogP) is 3.07. The zero-order valence-corrected chi connectivity index (χ0v) is 12.1. The summed E-state index contributed by atoms with van der Waals surface area (Å²) in [5, 5.41) is 13.4. The monoisotopic (exact) mass is 339 g/mol. The predicted molar refractivity (Wildman–Crippen MR) is 76.3 cm³/mol. The van der Waals surface area contributed by atoms with Gasteiger partial charge in [0.05, 0.1) is 9.35 Å². The first kappa shape index (κ1) is 13.8. The van der Waals surface area contributed by atoms with E-state index in [2.05, 4.69) is 21.2 Å². The minimum atomic E-state index is -1.09. The molecule has 4 nitrogen and oxygen atoms in total. The molecule has 1 atom stereocenters. The van der Waals surface area contributed by atoms with E-state index in [-0.39, 0.29) is 0 Å². The SMILES string of the molecule is O=C(NC(C(=O)O)c1ccccc1)c1csc(Br)c1. The second kappa shape index (κ2) is 5.99. The van der Waals surface area contributed by atoms with Gasteiger partial charge >= 0.3 is 5.97 Å². The Kier molecular flexibility index (Phi) is 4.34. The van der Waals surface area contributed by atoms with Crippen molar-refractivity contribution >= 4 is 39.1 Å². The summed E-state index contributed by atoms with van der Waals surface area (Å²) >= 11 is 4.64. The Balaban J connectivity index is 2.18. The summed E-state index contributed by atoms with van der Waals surface area (Å²) in [6, 6.07) is 9.21. The van der Waals surface area contributed by atoms with Crippen LogP contribution in [0.4, 0.5) is 0 Å². The van der Waals surface area contributed by atoms with Gasteiger partial charge in [0.1, 0.15) is 0 Å². The Bertz CT molecular complexity index is 597. The molecule has 0 aliphatic carbocycles. The molecule has 2 rings (SSSR count). The summed E-state index contributed by atoms with van der Waals surface area (Å²) in [5.74, 6) is -1.49. The molecule has 0 radical (unpaired) electrons. The lowest BCUT2D eigenvalue weighted by Gasteiger charge is -2.14. The fourth-order valence-electron chi connectivity index (χ4n) is 1.58. The lowest BCUT2D eigenvalue weighted by atomic mass is 10.1. The van der Waals surface area contributed by atoms with Crippen LogP contribution >= 0.6 is 27.3 Å². The summed E-state index contributed by atoms with van der Waals surface area (Å²) < 4.78 is 0.823. The van der Waals surface area contributed by atoms with Crippen LogP contribution in [-0.4, -0.2) is 17.0 Å². The fraction of sp³-hybridized carbons (Fsp3) is 0.0769. The van der Waals surface area contributed by atoms with Crippen molar-refractivity contribution < 1.29 is 14.7 Å². The zero-order chi connectivity index (χ0) is 13.8. The van der Waals surface area contributed by atoms with Crippen LogP contribution in [0.2, 0.25) is 0 Å². The third kappa shape index (κ3) is 3.42. The summed E-state index contributed by atoms with van der Waals surface area (Å²) in [5.41, 5.74) is 0.983. The molecule has 0 fully saturated rings. The average molecular weight is 340 g/mol. The summed E-state index contributed by atoms with van der Waals surface area (Å²) in [4.78, 5) is 23.2. The van der Waals surface area contributed by atoms with Gasteiger partial charge in [0.25, 0.3) is 5.91 Å². The third-order valence-corrected chi connectivity index (χ3v) is 3.99. The van der Waals surface area contributed by atoms with Gasteiger partial charge in [0, 0.05) is 5.38 Å². The van der Waals surface area contributed by atoms with E-state index in [1.165, 1.54) is 11.3 Å². The van der Waals surface area contributed by atoms with Crippen LogP contribution in [-0.2, 0) is 4.79 Å². The largest absolute Gasteiger partial charge is 0.479 e. The minimum Gasteiger partial charge on any atom is -0.479 e. The van der Waals surface area contributed by atoms with E-state index in [0.717, 1.165) is 3.79 Å². The van der Waals surface area contributed by atoms with E-state index in [0.29, 0.717) is 11.1 Å². The molecule has 1 aromatic heterocycles. The van der Waals surface area contributed by atoms with Gasteiger partial charge in [-0.1, -0.05) is 30.3 Å². The van der Waals surface area contributed by atoms with E-state index in [1.54, 1.807) is 41.8 Å². The Labute approximate surface area is 122 Å². The summed E-state index contributed by atoms with van der Waals surface area (Å²) in [6.07, 6.45) is 0. The van der Waals surface area contributed by atoms with E-state index in [1.807, 2.05) is 0 Å². The van der Waals surface area contributed by atoms with Crippen molar-refractivity contribution in [3.63, 3.8) is 0 Å². The van der Waals surface area contributed by atoms with Crippen LogP contribution in [0.5, 0.6) is 0 Å². The maximum atomic E-state index is 12.0. The van der Waals surface area contributed by atoms with Crippen molar-refractivity contribution in [3.05, 3.63) is 56.7 Å². The first-order valence-electron chi connectivity index (χ1n) is 5.40. The highest BCUT2D eigenvalue weighted by Gasteiger charge is 2.22. The molecule has 98 valence electrons. The molecule has 2 N–H and O–H groups in total. The number of benzene rings is 1. The van der Waals surface area contributed by atoms with Crippen LogP contribution < -0.4 is 5.32 Å². The summed E-state index contributed by atoms with van der Waals surface area (Å²) in [7, 11) is 0. The van der Waals surface area contributed by atoms with Crippen molar-refractivity contribution in [1.82, 2.24) is 5.32 Å². The molecule has 1 heterocycles. The van der Waals surface area contributed by atoms with Crippen molar-refractivity contribution in [2.24, 2.45) is 0 Å². The number of carboxylic acids is 1. The van der Waals surface area contributed by atoms with Gasteiger partial charge in [-0.05, 0) is 27.6 Å². The highest BCUT2D eigenvalue weighted by atomic mass is 79.9. The number of carboxylic acid groups (broad SMARTS) is 1. The van der Waals surface area contributed by atoms with Crippen LogP contribution in [0.1, 0.15) is 22.0 Å². The normalized spacial score (nSPS) is 11.8. The average Bonchev–Trinajstić information content (AvgIpc) is 2.83. The number of thiophene rings is 1. The zero-order valence-electron chi connectivity index (χ0n) is 9.67. The number of hydrogen-bond donors (Lipinski definition) is 2. The molecule has 0 saturated carbocycles. The van der Waals surface area contributed by atoms with Crippen molar-refractivity contribution in [2.45, 2.75) is 6.04 Å². The molecule has 1 aromatic carbocycles. The van der Waals surface area contributed by atoms with Gasteiger partial charge in [-0.3, -0.25) is 4.79 Å². The number of rotatable bonds is 4. The second-order valence-electron chi connectivity index (χ2n) is 3.79. The second-order valence-corrected chi connectivity index (χ2v) is 6.09. The van der Waals surface area contributed by atoms with Crippen LogP contribution in [0.25, 0.3) is 0 Å². The quantitative estimate of drug-likeness (QED) is 0.899. The minimum absolute atomic E-state index is 0.404. The van der Waals surface area contributed by atoms with Gasteiger partial charge in [0.15, 0.2) is 6.04 Å². The molecule has 0 saturated heterocycles. The Morgan fingerprint density at radius 2 is 1.95 bits per heavy atom. The number of amides is 1. The van der Waals surface area contributed by atoms with Crippen LogP contribution in [0, 0.1) is 0 Å². The Hall–Kier alpha value is -1.66. The van der Waals surface area contributed by atoms with Gasteiger partial charge in [-0.15, -0.1) is 11.3 Å². The van der Waals surface area contributed by atoms with E-state index in [4.69, 9.17) is 0 Å². The standard InChI is InChI=1S/C13H10BrNO3S/c14-10-6-9(7-19-10)12(16)15-11(13(17)18)8-4-2-1-3-5-8/h1-7,11H,(H,15,16)(H,17,18). The molecule has 0 bridgehead atoms.